The molecule has 1 atom stereocenters. The van der Waals surface area contributed by atoms with Crippen molar-refractivity contribution in [3.8, 4) is 0 Å². The highest BCUT2D eigenvalue weighted by atomic mass is 16.5. The fourth-order valence-corrected chi connectivity index (χ4v) is 1.68. The molecule has 0 saturated heterocycles. The van der Waals surface area contributed by atoms with E-state index in [2.05, 4.69) is 0 Å². The van der Waals surface area contributed by atoms with Crippen LogP contribution in [0, 0.1) is 5.92 Å². The van der Waals surface area contributed by atoms with E-state index in [4.69, 9.17) is 10.5 Å². The maximum absolute atomic E-state index is 12.2. The lowest BCUT2D eigenvalue weighted by atomic mass is 10.0. The highest BCUT2D eigenvalue weighted by molar-refractivity contribution is 5.85. The number of esters is 1. The molecule has 0 aliphatic heterocycles. The van der Waals surface area contributed by atoms with E-state index in [1.165, 1.54) is 4.90 Å². The molecule has 0 spiro atoms. The topological polar surface area (TPSA) is 72.6 Å². The fourth-order valence-electron chi connectivity index (χ4n) is 1.68. The molecule has 0 radical (unpaired) electrons. The van der Waals surface area contributed by atoms with Gasteiger partial charge >= 0.3 is 5.97 Å². The summed E-state index contributed by atoms with van der Waals surface area (Å²) in [5, 5.41) is 0. The number of ether oxygens (including phenoxy) is 1. The zero-order valence-electron chi connectivity index (χ0n) is 12.1. The van der Waals surface area contributed by atoms with Crippen LogP contribution in [0.1, 0.15) is 41.0 Å². The standard InChI is InChI=1S/C13H26N2O3/c1-6-18-12(16)8-15(10(4)5)13(17)11(14)7-9(2)3/h9-11H,6-8,14H2,1-5H3/t11-/m0/s1. The average molecular weight is 258 g/mol. The summed E-state index contributed by atoms with van der Waals surface area (Å²) in [6.07, 6.45) is 0.616. The number of rotatable bonds is 7. The highest BCUT2D eigenvalue weighted by Gasteiger charge is 2.26. The Balaban J connectivity index is 4.59. The lowest BCUT2D eigenvalue weighted by Crippen LogP contribution is -2.49. The Bertz CT molecular complexity index is 277. The maximum Gasteiger partial charge on any atom is 0.325 e. The van der Waals surface area contributed by atoms with Crippen LogP contribution in [0.5, 0.6) is 0 Å². The summed E-state index contributed by atoms with van der Waals surface area (Å²) in [7, 11) is 0. The van der Waals surface area contributed by atoms with Crippen LogP contribution in [0.3, 0.4) is 0 Å². The zero-order chi connectivity index (χ0) is 14.3. The number of hydrogen-bond donors (Lipinski definition) is 1. The molecule has 106 valence electrons. The van der Waals surface area contributed by atoms with Crippen LogP contribution in [-0.2, 0) is 14.3 Å². The van der Waals surface area contributed by atoms with Gasteiger partial charge in [-0.15, -0.1) is 0 Å². The number of carbonyl (C=O) groups is 2. The van der Waals surface area contributed by atoms with E-state index in [1.54, 1.807) is 6.92 Å². The smallest absolute Gasteiger partial charge is 0.325 e. The minimum Gasteiger partial charge on any atom is -0.465 e. The maximum atomic E-state index is 12.2. The molecular formula is C13H26N2O3. The molecule has 1 amide bonds. The Morgan fingerprint density at radius 2 is 1.78 bits per heavy atom. The number of hydrogen-bond acceptors (Lipinski definition) is 4. The van der Waals surface area contributed by atoms with Gasteiger partial charge in [0, 0.05) is 6.04 Å². The van der Waals surface area contributed by atoms with Crippen molar-refractivity contribution in [1.82, 2.24) is 4.90 Å². The monoisotopic (exact) mass is 258 g/mol. The summed E-state index contributed by atoms with van der Waals surface area (Å²) < 4.78 is 4.86. The summed E-state index contributed by atoms with van der Waals surface area (Å²) in [6, 6.07) is -0.623. The van der Waals surface area contributed by atoms with E-state index >= 15 is 0 Å². The van der Waals surface area contributed by atoms with Crippen LogP contribution in [-0.4, -0.2) is 42.0 Å². The number of nitrogens with zero attached hydrogens (tertiary/aromatic N) is 1. The predicted octanol–water partition coefficient (Wildman–Crippen LogP) is 1.16. The molecule has 2 N–H and O–H groups in total. The molecular weight excluding hydrogens is 232 g/mol. The van der Waals surface area contributed by atoms with Crippen molar-refractivity contribution < 1.29 is 14.3 Å². The van der Waals surface area contributed by atoms with E-state index < -0.39 is 12.0 Å². The summed E-state index contributed by atoms with van der Waals surface area (Å²) in [5.74, 6) is -0.233. The van der Waals surface area contributed by atoms with Gasteiger partial charge in [0.15, 0.2) is 0 Å². The molecule has 5 nitrogen and oxygen atoms in total. The molecule has 0 aromatic rings. The number of carbonyl (C=O) groups excluding carboxylic acids is 2. The van der Waals surface area contributed by atoms with Crippen molar-refractivity contribution in [1.29, 1.82) is 0 Å². The van der Waals surface area contributed by atoms with Crippen molar-refractivity contribution in [3.05, 3.63) is 0 Å². The van der Waals surface area contributed by atoms with Gasteiger partial charge in [-0.3, -0.25) is 9.59 Å². The lowest BCUT2D eigenvalue weighted by Gasteiger charge is -2.28. The number of amides is 1. The van der Waals surface area contributed by atoms with Crippen molar-refractivity contribution in [2.75, 3.05) is 13.2 Å². The molecule has 0 bridgehead atoms. The van der Waals surface area contributed by atoms with Gasteiger partial charge in [-0.1, -0.05) is 13.8 Å². The largest absolute Gasteiger partial charge is 0.465 e. The Morgan fingerprint density at radius 1 is 1.22 bits per heavy atom. The van der Waals surface area contributed by atoms with Gasteiger partial charge in [-0.2, -0.15) is 0 Å². The molecule has 0 aromatic heterocycles. The first-order chi connectivity index (χ1) is 8.29. The van der Waals surface area contributed by atoms with E-state index in [0.29, 0.717) is 18.9 Å². The lowest BCUT2D eigenvalue weighted by molar-refractivity contribution is -0.150. The van der Waals surface area contributed by atoms with Crippen molar-refractivity contribution in [3.63, 3.8) is 0 Å². The number of nitrogens with two attached hydrogens (primary N) is 1. The van der Waals surface area contributed by atoms with Crippen LogP contribution in [0.4, 0.5) is 0 Å². The normalized spacial score (nSPS) is 12.7. The quantitative estimate of drug-likeness (QED) is 0.695. The Kier molecular flexibility index (Phi) is 7.59. The van der Waals surface area contributed by atoms with Gasteiger partial charge in [0.2, 0.25) is 5.91 Å². The Hall–Kier alpha value is -1.10. The molecule has 0 aliphatic rings. The fraction of sp³-hybridized carbons (Fsp3) is 0.846. The second-order valence-corrected chi connectivity index (χ2v) is 5.10. The van der Waals surface area contributed by atoms with Crippen molar-refractivity contribution in [2.24, 2.45) is 11.7 Å². The minimum absolute atomic E-state index is 0.0316. The SMILES string of the molecule is CCOC(=O)CN(C(=O)[C@@H](N)CC(C)C)C(C)C. The Morgan fingerprint density at radius 3 is 2.17 bits per heavy atom. The van der Waals surface area contributed by atoms with E-state index in [-0.39, 0.29) is 18.5 Å². The van der Waals surface area contributed by atoms with Gasteiger partial charge in [-0.25, -0.2) is 0 Å². The zero-order valence-corrected chi connectivity index (χ0v) is 12.1. The van der Waals surface area contributed by atoms with Crippen LogP contribution in [0.15, 0.2) is 0 Å². The van der Waals surface area contributed by atoms with Crippen LogP contribution < -0.4 is 5.73 Å². The molecule has 0 rings (SSSR count). The third-order valence-electron chi connectivity index (χ3n) is 2.55. The second kappa shape index (κ2) is 8.08. The van der Waals surface area contributed by atoms with Gasteiger partial charge in [0.25, 0.3) is 0 Å². The second-order valence-electron chi connectivity index (χ2n) is 5.10. The first-order valence-corrected chi connectivity index (χ1v) is 6.51. The molecule has 0 aromatic carbocycles. The minimum atomic E-state index is -0.554. The van der Waals surface area contributed by atoms with Gasteiger partial charge < -0.3 is 15.4 Å². The van der Waals surface area contributed by atoms with Crippen LogP contribution in [0.2, 0.25) is 0 Å². The first-order valence-electron chi connectivity index (χ1n) is 6.51. The van der Waals surface area contributed by atoms with Crippen LogP contribution in [0.25, 0.3) is 0 Å². The summed E-state index contributed by atoms with van der Waals surface area (Å²) in [4.78, 5) is 25.1. The Labute approximate surface area is 110 Å². The van der Waals surface area contributed by atoms with Crippen molar-refractivity contribution in [2.45, 2.75) is 53.1 Å². The molecule has 0 aliphatic carbocycles. The molecule has 0 unspecified atom stereocenters. The summed E-state index contributed by atoms with van der Waals surface area (Å²) >= 11 is 0. The van der Waals surface area contributed by atoms with Gasteiger partial charge in [-0.05, 0) is 33.1 Å². The van der Waals surface area contributed by atoms with Gasteiger partial charge in [0.05, 0.1) is 12.6 Å². The molecule has 0 heterocycles. The van der Waals surface area contributed by atoms with Crippen molar-refractivity contribution >= 4 is 11.9 Å². The third kappa shape index (κ3) is 6.00. The van der Waals surface area contributed by atoms with E-state index in [9.17, 15) is 9.59 Å². The molecule has 0 fully saturated rings. The van der Waals surface area contributed by atoms with Gasteiger partial charge in [0.1, 0.15) is 6.54 Å². The van der Waals surface area contributed by atoms with Crippen LogP contribution >= 0.6 is 0 Å². The first kappa shape index (κ1) is 16.9. The predicted molar refractivity (Wildman–Crippen MR) is 70.9 cm³/mol. The highest BCUT2D eigenvalue weighted by Crippen LogP contribution is 2.08. The summed E-state index contributed by atoms with van der Waals surface area (Å²) in [6.45, 7) is 9.77. The van der Waals surface area contributed by atoms with E-state index in [0.717, 1.165) is 0 Å². The molecule has 0 saturated carbocycles. The molecule has 18 heavy (non-hydrogen) atoms. The average Bonchev–Trinajstić information content (AvgIpc) is 2.24. The molecule has 5 heteroatoms. The van der Waals surface area contributed by atoms with E-state index in [1.807, 2.05) is 27.7 Å². The summed E-state index contributed by atoms with van der Waals surface area (Å²) in [5.41, 5.74) is 5.86. The third-order valence-corrected chi connectivity index (χ3v) is 2.55.